The predicted molar refractivity (Wildman–Crippen MR) is 176 cm³/mol. The molecule has 0 saturated carbocycles. The molecular weight excluding hydrogens is 566 g/mol. The molecule has 0 aliphatic carbocycles. The van der Waals surface area contributed by atoms with Gasteiger partial charge in [0.2, 0.25) is 0 Å². The van der Waals surface area contributed by atoms with Gasteiger partial charge in [0, 0.05) is 50.3 Å². The van der Waals surface area contributed by atoms with E-state index in [2.05, 4.69) is 25.2 Å². The summed E-state index contributed by atoms with van der Waals surface area (Å²) in [7, 11) is 1.98. The van der Waals surface area contributed by atoms with Crippen LogP contribution in [0.4, 0.5) is 17.3 Å². The smallest absolute Gasteiger partial charge is 0.172 e. The highest BCUT2D eigenvalue weighted by Crippen LogP contribution is 2.39. The monoisotopic (exact) mass is 603 g/mol. The van der Waals surface area contributed by atoms with Gasteiger partial charge in [-0.3, -0.25) is 4.79 Å². The largest absolute Gasteiger partial charge is 0.489 e. The van der Waals surface area contributed by atoms with Crippen LogP contribution in [-0.4, -0.2) is 50.0 Å². The number of aromatic nitrogens is 5. The Kier molecular flexibility index (Phi) is 7.79. The molecule has 3 aromatic heterocycles. The van der Waals surface area contributed by atoms with Crippen molar-refractivity contribution in [3.05, 3.63) is 72.8 Å². The fourth-order valence-electron chi connectivity index (χ4n) is 6.53. The summed E-state index contributed by atoms with van der Waals surface area (Å²) in [5.41, 5.74) is 5.21. The van der Waals surface area contributed by atoms with Crippen LogP contribution in [0.5, 0.6) is 17.2 Å². The lowest BCUT2D eigenvalue weighted by molar-refractivity contribution is -0.115. The number of pyridine rings is 1. The van der Waals surface area contributed by atoms with Crippen LogP contribution in [0.3, 0.4) is 0 Å². The molecule has 0 spiro atoms. The number of carbonyl (C=O) groups is 1. The van der Waals surface area contributed by atoms with E-state index in [4.69, 9.17) is 14.5 Å². The first kappa shape index (κ1) is 28.8. The van der Waals surface area contributed by atoms with Crippen molar-refractivity contribution in [1.82, 2.24) is 24.5 Å². The summed E-state index contributed by atoms with van der Waals surface area (Å²) in [5, 5.41) is 3.46. The van der Waals surface area contributed by atoms with Gasteiger partial charge in [-0.1, -0.05) is 6.08 Å². The molecule has 5 heterocycles. The maximum absolute atomic E-state index is 12.2. The summed E-state index contributed by atoms with van der Waals surface area (Å²) in [4.78, 5) is 33.1. The molecule has 0 radical (unpaired) electrons. The summed E-state index contributed by atoms with van der Waals surface area (Å²) >= 11 is 0. The van der Waals surface area contributed by atoms with Gasteiger partial charge in [-0.25, -0.2) is 19.9 Å². The first-order valence-electron chi connectivity index (χ1n) is 15.6. The molecule has 45 heavy (non-hydrogen) atoms. The summed E-state index contributed by atoms with van der Waals surface area (Å²) in [6, 6.07) is 13.9. The minimum absolute atomic E-state index is 0.197. The second kappa shape index (κ2) is 12.2. The first-order chi connectivity index (χ1) is 21.9. The zero-order chi connectivity index (χ0) is 30.9. The summed E-state index contributed by atoms with van der Waals surface area (Å²) < 4.78 is 14.6. The van der Waals surface area contributed by atoms with Gasteiger partial charge < -0.3 is 24.3 Å². The van der Waals surface area contributed by atoms with Crippen molar-refractivity contribution in [3.8, 4) is 17.2 Å². The molecule has 2 aliphatic rings. The Bertz CT molecular complexity index is 1920. The van der Waals surface area contributed by atoms with Gasteiger partial charge in [-0.2, -0.15) is 0 Å². The molecule has 2 atom stereocenters. The van der Waals surface area contributed by atoms with Crippen LogP contribution in [0.15, 0.2) is 67.3 Å². The van der Waals surface area contributed by atoms with E-state index in [1.807, 2.05) is 74.0 Å². The summed E-state index contributed by atoms with van der Waals surface area (Å²) in [6.45, 7) is 6.28. The van der Waals surface area contributed by atoms with Crippen molar-refractivity contribution in [2.75, 3.05) is 29.9 Å². The number of allylic oxidation sites excluding steroid dienone is 2. The Morgan fingerprint density at radius 1 is 1.13 bits per heavy atom. The molecule has 10 nitrogen and oxygen atoms in total. The van der Waals surface area contributed by atoms with Crippen molar-refractivity contribution in [1.29, 1.82) is 0 Å². The van der Waals surface area contributed by atoms with Gasteiger partial charge in [-0.15, -0.1) is 0 Å². The normalized spacial score (nSPS) is 18.0. The van der Waals surface area contributed by atoms with Gasteiger partial charge in [0.15, 0.2) is 23.2 Å². The number of hydrogen-bond acceptors (Lipinski definition) is 9. The van der Waals surface area contributed by atoms with Gasteiger partial charge in [0.25, 0.3) is 0 Å². The molecule has 2 aliphatic heterocycles. The maximum Gasteiger partial charge on any atom is 0.172 e. The third kappa shape index (κ3) is 5.92. The van der Waals surface area contributed by atoms with Crippen LogP contribution in [-0.2, 0) is 11.8 Å². The highest BCUT2D eigenvalue weighted by atomic mass is 16.5. The Morgan fingerprint density at radius 3 is 2.91 bits per heavy atom. The second-order valence-electron chi connectivity index (χ2n) is 12.0. The van der Waals surface area contributed by atoms with Crippen LogP contribution in [0.25, 0.3) is 22.1 Å². The number of carbonyl (C=O) groups excluding carboxylic acids is 1. The molecule has 5 aromatic rings. The molecule has 2 bridgehead atoms. The minimum Gasteiger partial charge on any atom is -0.489 e. The fourth-order valence-corrected chi connectivity index (χ4v) is 6.53. The van der Waals surface area contributed by atoms with Crippen molar-refractivity contribution in [2.24, 2.45) is 18.9 Å². The molecule has 2 aromatic carbocycles. The van der Waals surface area contributed by atoms with Crippen LogP contribution in [0.2, 0.25) is 0 Å². The highest BCUT2D eigenvalue weighted by molar-refractivity contribution is 5.90. The van der Waals surface area contributed by atoms with E-state index in [1.54, 1.807) is 18.7 Å². The number of imidazole rings is 1. The number of ketones is 1. The average molecular weight is 604 g/mol. The number of aryl methyl sites for hydroxylation is 2. The predicted octanol–water partition coefficient (Wildman–Crippen LogP) is 6.91. The van der Waals surface area contributed by atoms with Crippen molar-refractivity contribution in [3.63, 3.8) is 0 Å². The molecule has 0 amide bonds. The lowest BCUT2D eigenvalue weighted by Gasteiger charge is -2.25. The first-order valence-corrected chi connectivity index (χ1v) is 15.6. The summed E-state index contributed by atoms with van der Waals surface area (Å²) in [5.74, 6) is 4.70. The molecular formula is C35H37N7O3. The number of fused-ring (bicyclic) bond motifs is 6. The fraction of sp³-hybridized carbons (Fsp3) is 0.343. The molecule has 10 heteroatoms. The number of ether oxygens (including phenoxy) is 2. The molecule has 1 fully saturated rings. The van der Waals surface area contributed by atoms with Crippen LogP contribution in [0, 0.1) is 18.8 Å². The highest BCUT2D eigenvalue weighted by Gasteiger charge is 2.33. The zero-order valence-electron chi connectivity index (χ0n) is 25.9. The van der Waals surface area contributed by atoms with Gasteiger partial charge >= 0.3 is 0 Å². The van der Waals surface area contributed by atoms with E-state index in [9.17, 15) is 4.79 Å². The standard InChI is InChI=1S/C35H37N7O3/c1-4-6-26(43)10-8-23-7-5-14-42-18-24(23)19-44-32-17-29-33(40-35(32)42)34(37-20-36-29)39-25-9-13-31(22(2)15-25)45-27-11-12-30-28(16-27)38-21-41(30)3/h4,6,9,11-13,15-17,20-21,23-24H,5,7-8,10,14,18-19H2,1-3H3,(H,36,37,39)/b6-4+. The third-order valence-electron chi connectivity index (χ3n) is 8.91. The van der Waals surface area contributed by atoms with Gasteiger partial charge in [0.1, 0.15) is 23.3 Å². The van der Waals surface area contributed by atoms with E-state index in [0.29, 0.717) is 36.2 Å². The topological polar surface area (TPSA) is 107 Å². The summed E-state index contributed by atoms with van der Waals surface area (Å²) in [6.07, 6.45) is 10.5. The van der Waals surface area contributed by atoms with E-state index in [1.165, 1.54) is 0 Å². The van der Waals surface area contributed by atoms with Crippen molar-refractivity contribution >= 4 is 45.2 Å². The Labute approximate surface area is 262 Å². The molecule has 1 N–H and O–H groups in total. The number of rotatable bonds is 8. The van der Waals surface area contributed by atoms with Crippen molar-refractivity contribution in [2.45, 2.75) is 39.5 Å². The van der Waals surface area contributed by atoms with Crippen LogP contribution < -0.4 is 19.7 Å². The van der Waals surface area contributed by atoms with Crippen LogP contribution in [0.1, 0.15) is 38.2 Å². The quantitative estimate of drug-likeness (QED) is 0.189. The number of hydrogen-bond donors (Lipinski definition) is 1. The number of nitrogens with zero attached hydrogens (tertiary/aromatic N) is 6. The van der Waals surface area contributed by atoms with E-state index >= 15 is 0 Å². The second-order valence-corrected chi connectivity index (χ2v) is 12.0. The third-order valence-corrected chi connectivity index (χ3v) is 8.91. The average Bonchev–Trinajstić information content (AvgIpc) is 3.18. The lowest BCUT2D eigenvalue weighted by atomic mass is 9.85. The number of benzene rings is 2. The number of nitrogens with one attached hydrogen (secondary N) is 1. The van der Waals surface area contributed by atoms with E-state index < -0.39 is 0 Å². The Morgan fingerprint density at radius 2 is 2.04 bits per heavy atom. The van der Waals surface area contributed by atoms with E-state index in [-0.39, 0.29) is 5.78 Å². The van der Waals surface area contributed by atoms with Crippen molar-refractivity contribution < 1.29 is 14.3 Å². The molecule has 7 rings (SSSR count). The zero-order valence-corrected chi connectivity index (χ0v) is 25.9. The maximum atomic E-state index is 12.2. The molecule has 1 saturated heterocycles. The lowest BCUT2D eigenvalue weighted by Crippen LogP contribution is -2.31. The van der Waals surface area contributed by atoms with Crippen LogP contribution >= 0.6 is 0 Å². The Balaban J connectivity index is 1.11. The molecule has 230 valence electrons. The Hall–Kier alpha value is -4.99. The minimum atomic E-state index is 0.197. The molecule has 2 unspecified atom stereocenters. The SMILES string of the molecule is C/C=C/C(=O)CCC1CCCN2CC1COc1cc3ncnc(Nc4ccc(Oc5ccc6c(c5)ncn6C)c(C)c4)c3nc12. The van der Waals surface area contributed by atoms with Gasteiger partial charge in [-0.05, 0) is 81.0 Å². The van der Waals surface area contributed by atoms with E-state index in [0.717, 1.165) is 83.2 Å². The number of anilines is 3. The van der Waals surface area contributed by atoms with Gasteiger partial charge in [0.05, 0.1) is 29.5 Å².